The molecular formula is C23H30ClN3O. The summed E-state index contributed by atoms with van der Waals surface area (Å²) in [5.74, 6) is 0.497. The predicted octanol–water partition coefficient (Wildman–Crippen LogP) is 3.62. The van der Waals surface area contributed by atoms with Crippen molar-refractivity contribution in [2.75, 3.05) is 40.3 Å². The van der Waals surface area contributed by atoms with Gasteiger partial charge in [-0.3, -0.25) is 9.69 Å². The minimum Gasteiger partial charge on any atom is -0.355 e. The summed E-state index contributed by atoms with van der Waals surface area (Å²) in [5.41, 5.74) is 2.42. The van der Waals surface area contributed by atoms with Crippen LogP contribution in [0, 0.1) is 5.92 Å². The van der Waals surface area contributed by atoms with Gasteiger partial charge in [0.2, 0.25) is 5.91 Å². The first-order chi connectivity index (χ1) is 13.5. The number of amides is 1. The Morgan fingerprint density at radius 2 is 1.82 bits per heavy atom. The monoisotopic (exact) mass is 399 g/mol. The van der Waals surface area contributed by atoms with E-state index in [9.17, 15) is 4.79 Å². The lowest BCUT2D eigenvalue weighted by atomic mass is 9.84. The summed E-state index contributed by atoms with van der Waals surface area (Å²) in [5, 5.41) is 3.91. The number of hydrogen-bond acceptors (Lipinski definition) is 3. The molecule has 2 unspecified atom stereocenters. The number of hydrogen-bond donors (Lipinski definition) is 1. The maximum absolute atomic E-state index is 12.8. The lowest BCUT2D eigenvalue weighted by Gasteiger charge is -2.37. The first-order valence-corrected chi connectivity index (χ1v) is 10.3. The summed E-state index contributed by atoms with van der Waals surface area (Å²) >= 11 is 6.38. The van der Waals surface area contributed by atoms with Gasteiger partial charge in [0.15, 0.2) is 0 Å². The van der Waals surface area contributed by atoms with Gasteiger partial charge in [0, 0.05) is 37.7 Å². The van der Waals surface area contributed by atoms with E-state index in [1.54, 1.807) is 0 Å². The van der Waals surface area contributed by atoms with Gasteiger partial charge < -0.3 is 10.2 Å². The summed E-state index contributed by atoms with van der Waals surface area (Å²) in [7, 11) is 4.03. The third kappa shape index (κ3) is 5.81. The minimum absolute atomic E-state index is 0.0105. The van der Waals surface area contributed by atoms with Gasteiger partial charge in [0.05, 0.1) is 5.92 Å². The first-order valence-electron chi connectivity index (χ1n) is 9.96. The number of nitrogens with one attached hydrogen (secondary N) is 1. The summed E-state index contributed by atoms with van der Waals surface area (Å²) in [6.07, 6.45) is 0.886. The van der Waals surface area contributed by atoms with Crippen molar-refractivity contribution in [1.29, 1.82) is 0 Å². The zero-order valence-electron chi connectivity index (χ0n) is 16.8. The number of likely N-dealkylation sites (tertiary alicyclic amines) is 1. The third-order valence-corrected chi connectivity index (χ3v) is 5.75. The highest BCUT2D eigenvalue weighted by molar-refractivity contribution is 6.31. The molecule has 1 fully saturated rings. The molecule has 28 heavy (non-hydrogen) atoms. The summed E-state index contributed by atoms with van der Waals surface area (Å²) < 4.78 is 0. The van der Waals surface area contributed by atoms with Crippen LogP contribution in [-0.2, 0) is 11.3 Å². The predicted molar refractivity (Wildman–Crippen MR) is 116 cm³/mol. The molecule has 0 radical (unpaired) electrons. The van der Waals surface area contributed by atoms with Gasteiger partial charge in [0.25, 0.3) is 0 Å². The lowest BCUT2D eigenvalue weighted by molar-refractivity contribution is -0.127. The maximum atomic E-state index is 12.8. The molecule has 1 heterocycles. The van der Waals surface area contributed by atoms with Gasteiger partial charge in [0.1, 0.15) is 0 Å². The minimum atomic E-state index is -0.0105. The molecule has 5 heteroatoms. The fourth-order valence-corrected chi connectivity index (χ4v) is 4.09. The van der Waals surface area contributed by atoms with Crippen LogP contribution >= 0.6 is 11.6 Å². The molecular weight excluding hydrogens is 370 g/mol. The number of nitrogens with zero attached hydrogens (tertiary/aromatic N) is 2. The fraction of sp³-hybridized carbons (Fsp3) is 0.435. The number of benzene rings is 2. The van der Waals surface area contributed by atoms with Gasteiger partial charge in [-0.05, 0) is 43.6 Å². The van der Waals surface area contributed by atoms with Crippen molar-refractivity contribution in [3.63, 3.8) is 0 Å². The van der Waals surface area contributed by atoms with E-state index in [1.807, 2.05) is 38.4 Å². The van der Waals surface area contributed by atoms with Crippen LogP contribution in [-0.4, -0.2) is 56.0 Å². The SMILES string of the molecule is CN(C)CCNC(=O)C1CC(c2ccccc2)CN(Cc2ccccc2Cl)C1. The Kier molecular flexibility index (Phi) is 7.49. The highest BCUT2D eigenvalue weighted by Gasteiger charge is 2.32. The molecule has 3 rings (SSSR count). The van der Waals surface area contributed by atoms with E-state index in [-0.39, 0.29) is 11.8 Å². The average Bonchev–Trinajstić information content (AvgIpc) is 2.70. The largest absolute Gasteiger partial charge is 0.355 e. The Labute approximate surface area is 173 Å². The van der Waals surface area contributed by atoms with E-state index in [1.165, 1.54) is 5.56 Å². The van der Waals surface area contributed by atoms with Crippen molar-refractivity contribution < 1.29 is 4.79 Å². The standard InChI is InChI=1S/C23H30ClN3O/c1-26(2)13-12-25-23(28)21-14-20(18-8-4-3-5-9-18)16-27(17-21)15-19-10-6-7-11-22(19)24/h3-11,20-21H,12-17H2,1-2H3,(H,25,28). The molecule has 2 atom stereocenters. The average molecular weight is 400 g/mol. The smallest absolute Gasteiger partial charge is 0.224 e. The molecule has 1 N–H and O–H groups in total. The van der Waals surface area contributed by atoms with Crippen LogP contribution in [0.2, 0.25) is 5.02 Å². The van der Waals surface area contributed by atoms with Gasteiger partial charge in [-0.15, -0.1) is 0 Å². The normalized spacial score (nSPS) is 20.3. The second-order valence-corrected chi connectivity index (χ2v) is 8.33. The third-order valence-electron chi connectivity index (χ3n) is 5.38. The van der Waals surface area contributed by atoms with Gasteiger partial charge in [-0.2, -0.15) is 0 Å². The summed E-state index contributed by atoms with van der Waals surface area (Å²) in [4.78, 5) is 17.3. The van der Waals surface area contributed by atoms with Crippen molar-refractivity contribution in [1.82, 2.24) is 15.1 Å². The van der Waals surface area contributed by atoms with E-state index in [0.29, 0.717) is 12.5 Å². The quantitative estimate of drug-likeness (QED) is 0.772. The molecule has 0 aromatic heterocycles. The number of carbonyl (C=O) groups is 1. The molecule has 1 aliphatic heterocycles. The van der Waals surface area contributed by atoms with Gasteiger partial charge in [-0.1, -0.05) is 60.1 Å². The van der Waals surface area contributed by atoms with Crippen LogP contribution in [0.25, 0.3) is 0 Å². The number of likely N-dealkylation sites (N-methyl/N-ethyl adjacent to an activating group) is 1. The zero-order valence-corrected chi connectivity index (χ0v) is 17.5. The van der Waals surface area contributed by atoms with Gasteiger partial charge >= 0.3 is 0 Å². The molecule has 2 aromatic carbocycles. The van der Waals surface area contributed by atoms with Crippen LogP contribution in [0.5, 0.6) is 0 Å². The van der Waals surface area contributed by atoms with Crippen LogP contribution in [0.1, 0.15) is 23.5 Å². The molecule has 1 amide bonds. The van der Waals surface area contributed by atoms with Crippen molar-refractivity contribution >= 4 is 17.5 Å². The van der Waals surface area contributed by atoms with Crippen LogP contribution in [0.3, 0.4) is 0 Å². The second-order valence-electron chi connectivity index (χ2n) is 7.92. The molecule has 1 aliphatic rings. The lowest BCUT2D eigenvalue weighted by Crippen LogP contribution is -2.46. The van der Waals surface area contributed by atoms with Crippen molar-refractivity contribution in [2.45, 2.75) is 18.9 Å². The molecule has 0 spiro atoms. The Bertz CT molecular complexity index is 765. The summed E-state index contributed by atoms with van der Waals surface area (Å²) in [6, 6.07) is 18.5. The molecule has 150 valence electrons. The molecule has 4 nitrogen and oxygen atoms in total. The van der Waals surface area contributed by atoms with Crippen LogP contribution in [0.15, 0.2) is 54.6 Å². The Balaban J connectivity index is 1.72. The van der Waals surface area contributed by atoms with E-state index in [0.717, 1.165) is 43.2 Å². The summed E-state index contributed by atoms with van der Waals surface area (Å²) in [6.45, 7) is 4.01. The van der Waals surface area contributed by atoms with Crippen molar-refractivity contribution in [3.05, 3.63) is 70.7 Å². The highest BCUT2D eigenvalue weighted by atomic mass is 35.5. The number of rotatable bonds is 7. The Hall–Kier alpha value is -1.88. The molecule has 0 saturated carbocycles. The first kappa shape index (κ1) is 20.8. The zero-order chi connectivity index (χ0) is 19.9. The Morgan fingerprint density at radius 3 is 2.54 bits per heavy atom. The van der Waals surface area contributed by atoms with Gasteiger partial charge in [-0.25, -0.2) is 0 Å². The number of halogens is 1. The highest BCUT2D eigenvalue weighted by Crippen LogP contribution is 2.32. The van der Waals surface area contributed by atoms with Crippen molar-refractivity contribution in [2.24, 2.45) is 5.92 Å². The molecule has 2 aromatic rings. The van der Waals surface area contributed by atoms with E-state index < -0.39 is 0 Å². The molecule has 0 bridgehead atoms. The van der Waals surface area contributed by atoms with Crippen molar-refractivity contribution in [3.8, 4) is 0 Å². The van der Waals surface area contributed by atoms with E-state index >= 15 is 0 Å². The topological polar surface area (TPSA) is 35.6 Å². The fourth-order valence-electron chi connectivity index (χ4n) is 3.89. The number of carbonyl (C=O) groups excluding carboxylic acids is 1. The Morgan fingerprint density at radius 1 is 1.11 bits per heavy atom. The van der Waals surface area contributed by atoms with Crippen LogP contribution in [0.4, 0.5) is 0 Å². The maximum Gasteiger partial charge on any atom is 0.224 e. The number of piperidine rings is 1. The molecule has 1 saturated heterocycles. The molecule has 0 aliphatic carbocycles. The van der Waals surface area contributed by atoms with E-state index in [2.05, 4.69) is 45.4 Å². The van der Waals surface area contributed by atoms with Crippen LogP contribution < -0.4 is 5.32 Å². The second kappa shape index (κ2) is 10.1. The van der Waals surface area contributed by atoms with E-state index in [4.69, 9.17) is 11.6 Å².